The Morgan fingerprint density at radius 2 is 1.94 bits per heavy atom. The Bertz CT molecular complexity index is 363. The largest absolute Gasteiger partial charge is 0.367 e. The number of benzene rings is 1. The molecule has 0 aromatic heterocycles. The normalized spacial score (nSPS) is 29.6. The molecule has 0 radical (unpaired) electrons. The van der Waals surface area contributed by atoms with Gasteiger partial charge in [-0.2, -0.15) is 0 Å². The first-order valence-corrected chi connectivity index (χ1v) is 7.01. The molecule has 17 heavy (non-hydrogen) atoms. The van der Waals surface area contributed by atoms with E-state index in [4.69, 9.17) is 4.74 Å². The van der Waals surface area contributed by atoms with Crippen molar-refractivity contribution in [3.63, 3.8) is 0 Å². The Morgan fingerprint density at radius 1 is 1.29 bits per heavy atom. The molecule has 1 N–H and O–H groups in total. The summed E-state index contributed by atoms with van der Waals surface area (Å²) < 4.78 is 7.32. The summed E-state index contributed by atoms with van der Waals surface area (Å²) in [7, 11) is 0. The second-order valence-corrected chi connectivity index (χ2v) is 6.00. The maximum atomic E-state index is 6.21. The van der Waals surface area contributed by atoms with Crippen molar-refractivity contribution in [3.05, 3.63) is 34.3 Å². The van der Waals surface area contributed by atoms with Crippen LogP contribution in [0.15, 0.2) is 28.7 Å². The fourth-order valence-corrected chi connectivity index (χ4v) is 2.44. The molecule has 1 aliphatic rings. The van der Waals surface area contributed by atoms with E-state index in [1.54, 1.807) is 0 Å². The number of rotatable bonds is 2. The molecule has 0 bridgehead atoms. The number of hydrogen-bond donors (Lipinski definition) is 1. The smallest absolute Gasteiger partial charge is 0.0979 e. The summed E-state index contributed by atoms with van der Waals surface area (Å²) in [4.78, 5) is 0. The molecule has 3 unspecified atom stereocenters. The Kier molecular flexibility index (Phi) is 4.23. The summed E-state index contributed by atoms with van der Waals surface area (Å²) in [5, 5.41) is 3.54. The highest BCUT2D eigenvalue weighted by molar-refractivity contribution is 9.10. The molecule has 1 aromatic rings. The minimum atomic E-state index is 0.157. The second kappa shape index (κ2) is 5.51. The summed E-state index contributed by atoms with van der Waals surface area (Å²) in [6, 6.07) is 8.78. The van der Waals surface area contributed by atoms with Gasteiger partial charge in [-0.25, -0.2) is 0 Å². The lowest BCUT2D eigenvalue weighted by atomic mass is 9.98. The monoisotopic (exact) mass is 297 g/mol. The zero-order valence-corrected chi connectivity index (χ0v) is 12.2. The zero-order valence-electron chi connectivity index (χ0n) is 10.6. The number of ether oxygens (including phenoxy) is 1. The van der Waals surface area contributed by atoms with E-state index >= 15 is 0 Å². The topological polar surface area (TPSA) is 21.3 Å². The van der Waals surface area contributed by atoms with E-state index in [0.717, 1.165) is 11.0 Å². The van der Waals surface area contributed by atoms with Crippen LogP contribution < -0.4 is 5.32 Å². The number of hydrogen-bond acceptors (Lipinski definition) is 2. The van der Waals surface area contributed by atoms with E-state index in [2.05, 4.69) is 66.3 Å². The maximum absolute atomic E-state index is 6.21. The average molecular weight is 298 g/mol. The van der Waals surface area contributed by atoms with Crippen LogP contribution in [0.3, 0.4) is 0 Å². The molecule has 0 saturated carbocycles. The summed E-state index contributed by atoms with van der Waals surface area (Å²) >= 11 is 3.46. The molecule has 94 valence electrons. The molecular formula is C14H20BrNO. The number of morpholine rings is 1. The van der Waals surface area contributed by atoms with E-state index in [1.807, 2.05) is 0 Å². The van der Waals surface area contributed by atoms with Crippen LogP contribution in [0.2, 0.25) is 0 Å². The van der Waals surface area contributed by atoms with Crippen LogP contribution in [0.1, 0.15) is 32.4 Å². The number of nitrogens with one attached hydrogen (secondary N) is 1. The molecule has 1 aromatic carbocycles. The summed E-state index contributed by atoms with van der Waals surface area (Å²) in [5.74, 6) is 0.549. The van der Waals surface area contributed by atoms with Crippen LogP contribution in [0.25, 0.3) is 0 Å². The standard InChI is InChI=1S/C14H20BrNO/c1-9(2)13-8-16-10(3)14(17-13)11-4-6-12(15)7-5-11/h4-7,9-10,13-14,16H,8H2,1-3H3. The highest BCUT2D eigenvalue weighted by Gasteiger charge is 2.30. The second-order valence-electron chi connectivity index (χ2n) is 5.09. The van der Waals surface area contributed by atoms with Crippen molar-refractivity contribution in [2.24, 2.45) is 5.92 Å². The third kappa shape index (κ3) is 3.09. The molecule has 2 rings (SSSR count). The van der Waals surface area contributed by atoms with Gasteiger partial charge in [0.2, 0.25) is 0 Å². The van der Waals surface area contributed by atoms with Gasteiger partial charge < -0.3 is 10.1 Å². The van der Waals surface area contributed by atoms with E-state index in [-0.39, 0.29) is 6.10 Å². The van der Waals surface area contributed by atoms with Gasteiger partial charge in [-0.05, 0) is 30.5 Å². The third-order valence-corrected chi connectivity index (χ3v) is 3.89. The van der Waals surface area contributed by atoms with Crippen molar-refractivity contribution in [2.45, 2.75) is 39.0 Å². The summed E-state index contributed by atoms with van der Waals surface area (Å²) in [6.45, 7) is 7.55. The Labute approximate surface area is 112 Å². The van der Waals surface area contributed by atoms with Crippen LogP contribution >= 0.6 is 15.9 Å². The molecule has 1 heterocycles. The van der Waals surface area contributed by atoms with Crippen molar-refractivity contribution < 1.29 is 4.74 Å². The highest BCUT2D eigenvalue weighted by atomic mass is 79.9. The van der Waals surface area contributed by atoms with Gasteiger partial charge in [-0.1, -0.05) is 41.9 Å². The van der Waals surface area contributed by atoms with Gasteiger partial charge in [0.05, 0.1) is 12.2 Å². The minimum Gasteiger partial charge on any atom is -0.367 e. The average Bonchev–Trinajstić information content (AvgIpc) is 2.31. The Morgan fingerprint density at radius 3 is 2.53 bits per heavy atom. The van der Waals surface area contributed by atoms with Crippen molar-refractivity contribution in [1.82, 2.24) is 5.32 Å². The first-order chi connectivity index (χ1) is 8.08. The minimum absolute atomic E-state index is 0.157. The van der Waals surface area contributed by atoms with Gasteiger partial charge in [-0.15, -0.1) is 0 Å². The van der Waals surface area contributed by atoms with Gasteiger partial charge in [-0.3, -0.25) is 0 Å². The molecule has 2 nitrogen and oxygen atoms in total. The van der Waals surface area contributed by atoms with Crippen molar-refractivity contribution in [2.75, 3.05) is 6.54 Å². The predicted octanol–water partition coefficient (Wildman–Crippen LogP) is 3.52. The van der Waals surface area contributed by atoms with Gasteiger partial charge >= 0.3 is 0 Å². The lowest BCUT2D eigenvalue weighted by Crippen LogP contribution is -2.48. The van der Waals surface area contributed by atoms with Crippen LogP contribution in [-0.2, 0) is 4.74 Å². The number of halogens is 1. The quantitative estimate of drug-likeness (QED) is 0.902. The molecule has 3 atom stereocenters. The first kappa shape index (κ1) is 13.1. The van der Waals surface area contributed by atoms with Gasteiger partial charge in [0, 0.05) is 17.1 Å². The maximum Gasteiger partial charge on any atom is 0.0979 e. The molecule has 0 aliphatic carbocycles. The molecule has 0 spiro atoms. The van der Waals surface area contributed by atoms with Crippen molar-refractivity contribution >= 4 is 15.9 Å². The summed E-state index contributed by atoms with van der Waals surface area (Å²) in [5.41, 5.74) is 1.25. The highest BCUT2D eigenvalue weighted by Crippen LogP contribution is 2.29. The Hall–Kier alpha value is -0.380. The lowest BCUT2D eigenvalue weighted by molar-refractivity contribution is -0.0806. The van der Waals surface area contributed by atoms with Crippen LogP contribution in [0, 0.1) is 5.92 Å². The third-order valence-electron chi connectivity index (χ3n) is 3.36. The van der Waals surface area contributed by atoms with Crippen LogP contribution in [0.5, 0.6) is 0 Å². The molecule has 1 aliphatic heterocycles. The summed E-state index contributed by atoms with van der Waals surface area (Å²) in [6.07, 6.45) is 0.462. The van der Waals surface area contributed by atoms with E-state index in [1.165, 1.54) is 5.56 Å². The Balaban J connectivity index is 2.15. The van der Waals surface area contributed by atoms with Gasteiger partial charge in [0.1, 0.15) is 0 Å². The van der Waals surface area contributed by atoms with E-state index < -0.39 is 0 Å². The fourth-order valence-electron chi connectivity index (χ4n) is 2.18. The molecule has 0 amide bonds. The van der Waals surface area contributed by atoms with Crippen LogP contribution in [0.4, 0.5) is 0 Å². The van der Waals surface area contributed by atoms with Crippen molar-refractivity contribution in [1.29, 1.82) is 0 Å². The molecule has 1 fully saturated rings. The lowest BCUT2D eigenvalue weighted by Gasteiger charge is -2.38. The van der Waals surface area contributed by atoms with Crippen LogP contribution in [-0.4, -0.2) is 18.7 Å². The van der Waals surface area contributed by atoms with Gasteiger partial charge in [0.25, 0.3) is 0 Å². The van der Waals surface area contributed by atoms with Gasteiger partial charge in [0.15, 0.2) is 0 Å². The van der Waals surface area contributed by atoms with E-state index in [9.17, 15) is 0 Å². The van der Waals surface area contributed by atoms with Crippen molar-refractivity contribution in [3.8, 4) is 0 Å². The zero-order chi connectivity index (χ0) is 12.4. The first-order valence-electron chi connectivity index (χ1n) is 6.22. The molecule has 3 heteroatoms. The SMILES string of the molecule is CC(C)C1CNC(C)C(c2ccc(Br)cc2)O1. The molecule has 1 saturated heterocycles. The molecular weight excluding hydrogens is 278 g/mol. The van der Waals surface area contributed by atoms with E-state index in [0.29, 0.717) is 18.1 Å². The fraction of sp³-hybridized carbons (Fsp3) is 0.571. The predicted molar refractivity (Wildman–Crippen MR) is 74.1 cm³/mol.